The van der Waals surface area contributed by atoms with Crippen LogP contribution in [0.4, 0.5) is 14.5 Å². The summed E-state index contributed by atoms with van der Waals surface area (Å²) >= 11 is 0. The van der Waals surface area contributed by atoms with E-state index in [1.54, 1.807) is 12.1 Å². The van der Waals surface area contributed by atoms with E-state index in [0.29, 0.717) is 5.69 Å². The van der Waals surface area contributed by atoms with Gasteiger partial charge in [0.25, 0.3) is 6.43 Å². The van der Waals surface area contributed by atoms with Crippen molar-refractivity contribution in [3.63, 3.8) is 0 Å². The van der Waals surface area contributed by atoms with Gasteiger partial charge in [0, 0.05) is 5.69 Å². The lowest BCUT2D eigenvalue weighted by atomic mass is 10.2. The summed E-state index contributed by atoms with van der Waals surface area (Å²) in [5.41, 5.74) is 1.64. The highest BCUT2D eigenvalue weighted by atomic mass is 19.3. The maximum absolute atomic E-state index is 11.8. The third-order valence-electron chi connectivity index (χ3n) is 2.00. The third kappa shape index (κ3) is 4.35. The van der Waals surface area contributed by atoms with Crippen LogP contribution in [0.5, 0.6) is 0 Å². The van der Waals surface area contributed by atoms with Crippen LogP contribution in [0.1, 0.15) is 5.56 Å². The average molecular weight is 228 g/mol. The molecule has 5 heteroatoms. The molecule has 0 heterocycles. The van der Waals surface area contributed by atoms with Crippen LogP contribution in [0.3, 0.4) is 0 Å². The lowest BCUT2D eigenvalue weighted by Crippen LogP contribution is -2.31. The van der Waals surface area contributed by atoms with Gasteiger partial charge < -0.3 is 10.6 Å². The SMILES string of the molecule is Cc1ccccc1NC(=O)CNCC(F)F. The lowest BCUT2D eigenvalue weighted by molar-refractivity contribution is -0.115. The number of hydrogen-bond donors (Lipinski definition) is 2. The van der Waals surface area contributed by atoms with Crippen molar-refractivity contribution in [3.05, 3.63) is 29.8 Å². The summed E-state index contributed by atoms with van der Waals surface area (Å²) in [6, 6.07) is 7.29. The van der Waals surface area contributed by atoms with Gasteiger partial charge >= 0.3 is 0 Å². The zero-order chi connectivity index (χ0) is 12.0. The van der Waals surface area contributed by atoms with Crippen molar-refractivity contribution in [2.45, 2.75) is 13.3 Å². The number of nitrogens with one attached hydrogen (secondary N) is 2. The van der Waals surface area contributed by atoms with Gasteiger partial charge in [0.1, 0.15) is 0 Å². The molecule has 88 valence electrons. The first-order valence-corrected chi connectivity index (χ1v) is 4.94. The topological polar surface area (TPSA) is 41.1 Å². The number of benzene rings is 1. The minimum Gasteiger partial charge on any atom is -0.325 e. The van der Waals surface area contributed by atoms with Crippen LogP contribution in [0.2, 0.25) is 0 Å². The quantitative estimate of drug-likeness (QED) is 0.806. The number of aryl methyl sites for hydroxylation is 1. The Morgan fingerprint density at radius 2 is 2.06 bits per heavy atom. The van der Waals surface area contributed by atoms with Gasteiger partial charge in [0.2, 0.25) is 5.91 Å². The van der Waals surface area contributed by atoms with Gasteiger partial charge in [0.15, 0.2) is 0 Å². The highest BCUT2D eigenvalue weighted by Gasteiger charge is 2.06. The molecule has 16 heavy (non-hydrogen) atoms. The molecular weight excluding hydrogens is 214 g/mol. The van der Waals surface area contributed by atoms with E-state index in [4.69, 9.17) is 0 Å². The molecule has 3 nitrogen and oxygen atoms in total. The van der Waals surface area contributed by atoms with Crippen LogP contribution < -0.4 is 10.6 Å². The zero-order valence-electron chi connectivity index (χ0n) is 8.97. The summed E-state index contributed by atoms with van der Waals surface area (Å²) in [4.78, 5) is 11.3. The average Bonchev–Trinajstić information content (AvgIpc) is 2.21. The summed E-state index contributed by atoms with van der Waals surface area (Å²) in [5, 5.41) is 5.00. The first-order valence-electron chi connectivity index (χ1n) is 4.94. The standard InChI is InChI=1S/C11H14F2N2O/c1-8-4-2-3-5-9(8)15-11(16)7-14-6-10(12)13/h2-5,10,14H,6-7H2,1H3,(H,15,16). The molecule has 0 aliphatic heterocycles. The van der Waals surface area contributed by atoms with Crippen molar-refractivity contribution < 1.29 is 13.6 Å². The minimum absolute atomic E-state index is 0.112. The fourth-order valence-corrected chi connectivity index (χ4v) is 1.20. The van der Waals surface area contributed by atoms with E-state index in [2.05, 4.69) is 10.6 Å². The number of anilines is 1. The molecule has 1 amide bonds. The van der Waals surface area contributed by atoms with Gasteiger partial charge in [-0.2, -0.15) is 0 Å². The lowest BCUT2D eigenvalue weighted by Gasteiger charge is -2.08. The molecule has 1 rings (SSSR count). The predicted molar refractivity (Wildman–Crippen MR) is 58.7 cm³/mol. The van der Waals surface area contributed by atoms with Gasteiger partial charge in [0.05, 0.1) is 13.1 Å². The Hall–Kier alpha value is -1.49. The molecule has 0 radical (unpaired) electrons. The molecule has 0 atom stereocenters. The largest absolute Gasteiger partial charge is 0.325 e. The monoisotopic (exact) mass is 228 g/mol. The fourth-order valence-electron chi connectivity index (χ4n) is 1.20. The molecular formula is C11H14F2N2O. The smallest absolute Gasteiger partial charge is 0.250 e. The van der Waals surface area contributed by atoms with Crippen LogP contribution >= 0.6 is 0 Å². The minimum atomic E-state index is -2.44. The number of para-hydroxylation sites is 1. The van der Waals surface area contributed by atoms with Crippen molar-refractivity contribution in [3.8, 4) is 0 Å². The van der Waals surface area contributed by atoms with Gasteiger partial charge in [-0.05, 0) is 18.6 Å². The molecule has 0 aliphatic rings. The number of carbonyl (C=O) groups excluding carboxylic acids is 1. The van der Waals surface area contributed by atoms with Crippen LogP contribution in [0, 0.1) is 6.92 Å². The van der Waals surface area contributed by atoms with E-state index < -0.39 is 13.0 Å². The van der Waals surface area contributed by atoms with Gasteiger partial charge in [-0.25, -0.2) is 8.78 Å². The van der Waals surface area contributed by atoms with Crippen molar-refractivity contribution in [1.82, 2.24) is 5.32 Å². The molecule has 0 fully saturated rings. The van der Waals surface area contributed by atoms with Crippen molar-refractivity contribution >= 4 is 11.6 Å². The number of rotatable bonds is 5. The Morgan fingerprint density at radius 3 is 2.69 bits per heavy atom. The zero-order valence-corrected chi connectivity index (χ0v) is 8.97. The first-order chi connectivity index (χ1) is 7.59. The van der Waals surface area contributed by atoms with Crippen LogP contribution in [0.15, 0.2) is 24.3 Å². The van der Waals surface area contributed by atoms with E-state index in [9.17, 15) is 13.6 Å². The molecule has 0 bridgehead atoms. The second kappa shape index (κ2) is 6.17. The van der Waals surface area contributed by atoms with E-state index in [-0.39, 0.29) is 12.5 Å². The third-order valence-corrected chi connectivity index (χ3v) is 2.00. The van der Waals surface area contributed by atoms with E-state index in [0.717, 1.165) is 5.56 Å². The molecule has 0 spiro atoms. The number of halogens is 2. The number of carbonyl (C=O) groups is 1. The molecule has 0 saturated heterocycles. The normalized spacial score (nSPS) is 10.5. The van der Waals surface area contributed by atoms with Crippen molar-refractivity contribution in [1.29, 1.82) is 0 Å². The molecule has 0 unspecified atom stereocenters. The van der Waals surface area contributed by atoms with E-state index in [1.165, 1.54) is 0 Å². The molecule has 0 aromatic heterocycles. The molecule has 1 aromatic rings. The number of amides is 1. The van der Waals surface area contributed by atoms with E-state index in [1.807, 2.05) is 19.1 Å². The summed E-state index contributed by atoms with van der Waals surface area (Å²) in [6.07, 6.45) is -2.44. The summed E-state index contributed by atoms with van der Waals surface area (Å²) in [6.45, 7) is 1.28. The van der Waals surface area contributed by atoms with Crippen molar-refractivity contribution in [2.75, 3.05) is 18.4 Å². The summed E-state index contributed by atoms with van der Waals surface area (Å²) < 4.78 is 23.6. The second-order valence-electron chi connectivity index (χ2n) is 3.39. The van der Waals surface area contributed by atoms with Gasteiger partial charge in [-0.3, -0.25) is 4.79 Å². The van der Waals surface area contributed by atoms with Crippen LogP contribution in [-0.2, 0) is 4.79 Å². The number of hydrogen-bond acceptors (Lipinski definition) is 2. The maximum atomic E-state index is 11.8. The van der Waals surface area contributed by atoms with E-state index >= 15 is 0 Å². The van der Waals surface area contributed by atoms with Gasteiger partial charge in [-0.15, -0.1) is 0 Å². The summed E-state index contributed by atoms with van der Waals surface area (Å²) in [7, 11) is 0. The molecule has 0 aliphatic carbocycles. The van der Waals surface area contributed by atoms with Crippen LogP contribution in [-0.4, -0.2) is 25.4 Å². The fraction of sp³-hybridized carbons (Fsp3) is 0.364. The Morgan fingerprint density at radius 1 is 1.38 bits per heavy atom. The predicted octanol–water partition coefficient (Wildman–Crippen LogP) is 1.79. The highest BCUT2D eigenvalue weighted by molar-refractivity contribution is 5.92. The molecule has 2 N–H and O–H groups in total. The molecule has 1 aromatic carbocycles. The Kier molecular flexibility index (Phi) is 4.85. The number of alkyl halides is 2. The van der Waals surface area contributed by atoms with Crippen molar-refractivity contribution in [2.24, 2.45) is 0 Å². The Labute approximate surface area is 92.8 Å². The highest BCUT2D eigenvalue weighted by Crippen LogP contribution is 2.12. The maximum Gasteiger partial charge on any atom is 0.250 e. The Balaban J connectivity index is 2.37. The summed E-state index contributed by atoms with van der Waals surface area (Å²) in [5.74, 6) is -0.324. The Bertz CT molecular complexity index is 356. The van der Waals surface area contributed by atoms with Crippen LogP contribution in [0.25, 0.3) is 0 Å². The molecule has 0 saturated carbocycles. The second-order valence-corrected chi connectivity index (χ2v) is 3.39. The first kappa shape index (κ1) is 12.6. The van der Waals surface area contributed by atoms with Gasteiger partial charge in [-0.1, -0.05) is 18.2 Å².